The van der Waals surface area contributed by atoms with Crippen LogP contribution in [0.1, 0.15) is 29.1 Å². The second-order valence-electron chi connectivity index (χ2n) is 5.60. The van der Waals surface area contributed by atoms with Gasteiger partial charge in [0.15, 0.2) is 0 Å². The molecule has 1 aromatic rings. The van der Waals surface area contributed by atoms with E-state index in [9.17, 15) is 4.79 Å². The standard InChI is InChI=1S/C15H24N2O2S/c1-11(2)13(17-5-7-19-8-6-17)10-16-15(18)14-12(3)4-9-20-14/h4,9,11,13H,5-8,10H2,1-3H3,(H,16,18). The number of carbonyl (C=O) groups excluding carboxylic acids is 1. The number of morpholine rings is 1. The van der Waals surface area contributed by atoms with Crippen molar-refractivity contribution in [3.05, 3.63) is 21.9 Å². The van der Waals surface area contributed by atoms with Gasteiger partial charge in [-0.15, -0.1) is 11.3 Å². The quantitative estimate of drug-likeness (QED) is 0.905. The fourth-order valence-corrected chi connectivity index (χ4v) is 3.42. The Balaban J connectivity index is 1.92. The molecule has 20 heavy (non-hydrogen) atoms. The predicted octanol–water partition coefficient (Wildman–Crippen LogP) is 2.14. The van der Waals surface area contributed by atoms with Crippen LogP contribution in [0.2, 0.25) is 0 Å². The number of nitrogens with zero attached hydrogens (tertiary/aromatic N) is 1. The average Bonchev–Trinajstić information content (AvgIpc) is 2.86. The fourth-order valence-electron chi connectivity index (χ4n) is 2.58. The maximum absolute atomic E-state index is 12.2. The zero-order valence-corrected chi connectivity index (χ0v) is 13.3. The lowest BCUT2D eigenvalue weighted by atomic mass is 10.0. The van der Waals surface area contributed by atoms with Gasteiger partial charge in [0.1, 0.15) is 0 Å². The largest absolute Gasteiger partial charge is 0.379 e. The van der Waals surface area contributed by atoms with Gasteiger partial charge >= 0.3 is 0 Å². The van der Waals surface area contributed by atoms with E-state index in [4.69, 9.17) is 4.74 Å². The molecule has 1 atom stereocenters. The van der Waals surface area contributed by atoms with E-state index in [2.05, 4.69) is 24.1 Å². The molecule has 5 heteroatoms. The third-order valence-corrected chi connectivity index (χ3v) is 4.84. The normalized spacial score (nSPS) is 18.2. The molecule has 2 heterocycles. The van der Waals surface area contributed by atoms with Crippen molar-refractivity contribution in [3.63, 3.8) is 0 Å². The highest BCUT2D eigenvalue weighted by Gasteiger charge is 2.24. The number of aryl methyl sites for hydroxylation is 1. The molecule has 1 amide bonds. The summed E-state index contributed by atoms with van der Waals surface area (Å²) in [6, 6.07) is 2.37. The van der Waals surface area contributed by atoms with Crippen LogP contribution in [-0.4, -0.2) is 49.7 Å². The number of rotatable bonds is 5. The highest BCUT2D eigenvalue weighted by Crippen LogP contribution is 2.16. The molecule has 112 valence electrons. The van der Waals surface area contributed by atoms with Gasteiger partial charge in [-0.25, -0.2) is 0 Å². The Kier molecular flexibility index (Phi) is 5.57. The van der Waals surface area contributed by atoms with Crippen LogP contribution in [0.5, 0.6) is 0 Å². The first kappa shape index (κ1) is 15.5. The minimum Gasteiger partial charge on any atom is -0.379 e. The molecule has 1 fully saturated rings. The van der Waals surface area contributed by atoms with Crippen molar-refractivity contribution in [3.8, 4) is 0 Å². The van der Waals surface area contributed by atoms with Gasteiger partial charge in [-0.1, -0.05) is 13.8 Å². The van der Waals surface area contributed by atoms with Gasteiger partial charge in [-0.05, 0) is 29.9 Å². The van der Waals surface area contributed by atoms with E-state index >= 15 is 0 Å². The van der Waals surface area contributed by atoms with Gasteiger partial charge in [-0.3, -0.25) is 9.69 Å². The summed E-state index contributed by atoms with van der Waals surface area (Å²) in [5.41, 5.74) is 1.06. The summed E-state index contributed by atoms with van der Waals surface area (Å²) in [5.74, 6) is 0.564. The van der Waals surface area contributed by atoms with Crippen molar-refractivity contribution in [1.29, 1.82) is 0 Å². The summed E-state index contributed by atoms with van der Waals surface area (Å²) < 4.78 is 5.40. The molecule has 0 aliphatic carbocycles. The summed E-state index contributed by atoms with van der Waals surface area (Å²) in [7, 11) is 0. The topological polar surface area (TPSA) is 41.6 Å². The van der Waals surface area contributed by atoms with Gasteiger partial charge in [0, 0.05) is 25.7 Å². The monoisotopic (exact) mass is 296 g/mol. The molecule has 0 saturated carbocycles. The zero-order chi connectivity index (χ0) is 14.5. The number of ether oxygens (including phenoxy) is 1. The second-order valence-corrected chi connectivity index (χ2v) is 6.52. The maximum Gasteiger partial charge on any atom is 0.261 e. The molecule has 1 aromatic heterocycles. The SMILES string of the molecule is Cc1ccsc1C(=O)NCC(C(C)C)N1CCOCC1. The van der Waals surface area contributed by atoms with Crippen LogP contribution in [0.4, 0.5) is 0 Å². The van der Waals surface area contributed by atoms with E-state index < -0.39 is 0 Å². The van der Waals surface area contributed by atoms with Crippen LogP contribution >= 0.6 is 11.3 Å². The molecular weight excluding hydrogens is 272 g/mol. The van der Waals surface area contributed by atoms with Crippen LogP contribution in [0.15, 0.2) is 11.4 Å². The number of amides is 1. The molecule has 1 aliphatic rings. The molecule has 1 N–H and O–H groups in total. The number of hydrogen-bond acceptors (Lipinski definition) is 4. The van der Waals surface area contributed by atoms with E-state index in [0.717, 1.165) is 36.7 Å². The summed E-state index contributed by atoms with van der Waals surface area (Å²) >= 11 is 1.51. The van der Waals surface area contributed by atoms with Crippen molar-refractivity contribution >= 4 is 17.2 Å². The Morgan fingerprint density at radius 1 is 1.45 bits per heavy atom. The van der Waals surface area contributed by atoms with Gasteiger partial charge < -0.3 is 10.1 Å². The lowest BCUT2D eigenvalue weighted by Gasteiger charge is -2.36. The van der Waals surface area contributed by atoms with Crippen molar-refractivity contribution < 1.29 is 9.53 Å². The van der Waals surface area contributed by atoms with E-state index in [1.165, 1.54) is 11.3 Å². The second kappa shape index (κ2) is 7.20. The summed E-state index contributed by atoms with van der Waals surface area (Å²) in [6.07, 6.45) is 0. The summed E-state index contributed by atoms with van der Waals surface area (Å²) in [4.78, 5) is 15.4. The molecule has 4 nitrogen and oxygen atoms in total. The van der Waals surface area contributed by atoms with Gasteiger partial charge in [0.05, 0.1) is 18.1 Å². The molecule has 1 saturated heterocycles. The third-order valence-electron chi connectivity index (χ3n) is 3.82. The van der Waals surface area contributed by atoms with E-state index in [1.807, 2.05) is 18.4 Å². The molecule has 0 radical (unpaired) electrons. The number of carbonyl (C=O) groups is 1. The summed E-state index contributed by atoms with van der Waals surface area (Å²) in [5, 5.41) is 5.06. The van der Waals surface area contributed by atoms with E-state index in [-0.39, 0.29) is 5.91 Å². The fraction of sp³-hybridized carbons (Fsp3) is 0.667. The van der Waals surface area contributed by atoms with Crippen molar-refractivity contribution in [1.82, 2.24) is 10.2 Å². The Labute approximate surface area is 125 Å². The molecule has 0 aromatic carbocycles. The smallest absolute Gasteiger partial charge is 0.261 e. The highest BCUT2D eigenvalue weighted by atomic mass is 32.1. The maximum atomic E-state index is 12.2. The van der Waals surface area contributed by atoms with Gasteiger partial charge in [-0.2, -0.15) is 0 Å². The average molecular weight is 296 g/mol. The Bertz CT molecular complexity index is 439. The molecule has 0 bridgehead atoms. The number of nitrogens with one attached hydrogen (secondary N) is 1. The van der Waals surface area contributed by atoms with Crippen molar-refractivity contribution in [2.24, 2.45) is 5.92 Å². The third kappa shape index (κ3) is 3.81. The molecule has 1 aliphatic heterocycles. The van der Waals surface area contributed by atoms with Crippen LogP contribution < -0.4 is 5.32 Å². The van der Waals surface area contributed by atoms with Gasteiger partial charge in [0.25, 0.3) is 5.91 Å². The minimum atomic E-state index is 0.0522. The Morgan fingerprint density at radius 3 is 2.70 bits per heavy atom. The van der Waals surface area contributed by atoms with Gasteiger partial charge in [0.2, 0.25) is 0 Å². The summed E-state index contributed by atoms with van der Waals surface area (Å²) in [6.45, 7) is 10.6. The van der Waals surface area contributed by atoms with Crippen LogP contribution in [0.3, 0.4) is 0 Å². The molecule has 1 unspecified atom stereocenters. The van der Waals surface area contributed by atoms with Crippen LogP contribution in [-0.2, 0) is 4.74 Å². The Hall–Kier alpha value is -0.910. The van der Waals surface area contributed by atoms with Crippen molar-refractivity contribution in [2.45, 2.75) is 26.8 Å². The predicted molar refractivity (Wildman–Crippen MR) is 82.4 cm³/mol. The highest BCUT2D eigenvalue weighted by molar-refractivity contribution is 7.12. The van der Waals surface area contributed by atoms with E-state index in [1.54, 1.807) is 0 Å². The Morgan fingerprint density at radius 2 is 2.15 bits per heavy atom. The number of hydrogen-bond donors (Lipinski definition) is 1. The molecular formula is C15H24N2O2S. The minimum absolute atomic E-state index is 0.0522. The molecule has 2 rings (SSSR count). The first-order valence-electron chi connectivity index (χ1n) is 7.23. The zero-order valence-electron chi connectivity index (χ0n) is 12.5. The number of thiophene rings is 1. The first-order valence-corrected chi connectivity index (χ1v) is 8.11. The first-order chi connectivity index (χ1) is 9.59. The van der Waals surface area contributed by atoms with Crippen LogP contribution in [0, 0.1) is 12.8 Å². The van der Waals surface area contributed by atoms with E-state index in [0.29, 0.717) is 18.5 Å². The lowest BCUT2D eigenvalue weighted by Crippen LogP contribution is -2.51. The van der Waals surface area contributed by atoms with Crippen molar-refractivity contribution in [2.75, 3.05) is 32.8 Å². The molecule has 0 spiro atoms. The lowest BCUT2D eigenvalue weighted by molar-refractivity contribution is 0.00674. The van der Waals surface area contributed by atoms with Crippen LogP contribution in [0.25, 0.3) is 0 Å².